The van der Waals surface area contributed by atoms with Gasteiger partial charge in [-0.1, -0.05) is 36.4 Å². The smallest absolute Gasteiger partial charge is 0.423 e. The van der Waals surface area contributed by atoms with Crippen LogP contribution in [-0.4, -0.2) is 17.8 Å². The molecule has 3 N–H and O–H groups in total. The van der Waals surface area contributed by atoms with Crippen LogP contribution in [0.25, 0.3) is 0 Å². The molecule has 0 saturated carbocycles. The van der Waals surface area contributed by atoms with Crippen LogP contribution in [0.3, 0.4) is 0 Å². The SMILES string of the molecule is Cc1ccc2c(c1)O[C@@]([NH2+]Cc1ccccc1)(C(F)(F)F)C(=O)N2. The third-order valence-electron chi connectivity index (χ3n) is 3.88. The van der Waals surface area contributed by atoms with Crippen molar-refractivity contribution in [1.82, 2.24) is 0 Å². The number of amides is 1. The lowest BCUT2D eigenvalue weighted by Gasteiger charge is -2.35. The van der Waals surface area contributed by atoms with Gasteiger partial charge in [0.2, 0.25) is 0 Å². The predicted molar refractivity (Wildman–Crippen MR) is 81.3 cm³/mol. The Morgan fingerprint density at radius 2 is 1.88 bits per heavy atom. The number of ether oxygens (including phenoxy) is 1. The largest absolute Gasteiger partial charge is 0.496 e. The molecule has 1 aliphatic rings. The van der Waals surface area contributed by atoms with Crippen molar-refractivity contribution < 1.29 is 28.0 Å². The van der Waals surface area contributed by atoms with Crippen molar-refractivity contribution in [2.75, 3.05) is 5.32 Å². The summed E-state index contributed by atoms with van der Waals surface area (Å²) in [6, 6.07) is 13.3. The molecule has 3 rings (SSSR count). The standard InChI is InChI=1S/C17H15F3N2O2/c1-11-7-8-13-14(9-11)24-16(15(23)22-13,17(18,19)20)21-10-12-5-3-2-4-6-12/h2-9,21H,10H2,1H3,(H,22,23)/p+1/t16-/m1/s1. The topological polar surface area (TPSA) is 54.9 Å². The summed E-state index contributed by atoms with van der Waals surface area (Å²) in [5.41, 5.74) is -1.38. The number of quaternary nitrogens is 1. The number of fused-ring (bicyclic) bond motifs is 1. The lowest BCUT2D eigenvalue weighted by Crippen LogP contribution is -3.04. The monoisotopic (exact) mass is 337 g/mol. The maximum atomic E-state index is 13.7. The first-order valence-corrected chi connectivity index (χ1v) is 7.38. The van der Waals surface area contributed by atoms with Crippen molar-refractivity contribution in [2.24, 2.45) is 0 Å². The van der Waals surface area contributed by atoms with Crippen LogP contribution in [0.1, 0.15) is 11.1 Å². The van der Waals surface area contributed by atoms with Gasteiger partial charge in [0, 0.05) is 5.56 Å². The molecule has 0 aromatic heterocycles. The van der Waals surface area contributed by atoms with E-state index >= 15 is 0 Å². The number of rotatable bonds is 3. The van der Waals surface area contributed by atoms with Crippen molar-refractivity contribution in [3.8, 4) is 5.75 Å². The summed E-state index contributed by atoms with van der Waals surface area (Å²) >= 11 is 0. The van der Waals surface area contributed by atoms with Crippen molar-refractivity contribution in [3.63, 3.8) is 0 Å². The highest BCUT2D eigenvalue weighted by atomic mass is 19.4. The first kappa shape index (κ1) is 16.3. The molecule has 0 aliphatic carbocycles. The Hall–Kier alpha value is -2.54. The average molecular weight is 337 g/mol. The van der Waals surface area contributed by atoms with Crippen LogP contribution in [0.5, 0.6) is 5.75 Å². The number of halogens is 3. The van der Waals surface area contributed by atoms with E-state index in [9.17, 15) is 18.0 Å². The second-order valence-corrected chi connectivity index (χ2v) is 5.68. The van der Waals surface area contributed by atoms with Crippen molar-refractivity contribution in [1.29, 1.82) is 0 Å². The summed E-state index contributed by atoms with van der Waals surface area (Å²) in [7, 11) is 0. The number of hydrogen-bond acceptors (Lipinski definition) is 2. The maximum Gasteiger partial charge on any atom is 0.496 e. The Bertz CT molecular complexity index is 762. The number of aryl methyl sites for hydroxylation is 1. The molecule has 0 radical (unpaired) electrons. The van der Waals surface area contributed by atoms with Gasteiger partial charge in [-0.15, -0.1) is 0 Å². The first-order chi connectivity index (χ1) is 11.3. The summed E-state index contributed by atoms with van der Waals surface area (Å²) in [5, 5.41) is 3.18. The highest BCUT2D eigenvalue weighted by Crippen LogP contribution is 2.39. The number of carbonyl (C=O) groups is 1. The summed E-state index contributed by atoms with van der Waals surface area (Å²) in [5.74, 6) is -1.22. The summed E-state index contributed by atoms with van der Waals surface area (Å²) in [6.07, 6.45) is -4.88. The van der Waals surface area contributed by atoms with Gasteiger partial charge in [0.25, 0.3) is 0 Å². The number of carbonyl (C=O) groups excluding carboxylic acids is 1. The minimum atomic E-state index is -4.88. The van der Waals surface area contributed by atoms with Gasteiger partial charge in [0.05, 0.1) is 5.69 Å². The van der Waals surface area contributed by atoms with E-state index in [1.807, 2.05) is 0 Å². The summed E-state index contributed by atoms with van der Waals surface area (Å²) in [6.45, 7) is 1.69. The molecule has 0 fully saturated rings. The van der Waals surface area contributed by atoms with E-state index in [2.05, 4.69) is 5.32 Å². The van der Waals surface area contributed by atoms with E-state index in [4.69, 9.17) is 4.74 Å². The van der Waals surface area contributed by atoms with E-state index in [0.29, 0.717) is 5.56 Å². The van der Waals surface area contributed by atoms with Gasteiger partial charge in [-0.2, -0.15) is 13.2 Å². The predicted octanol–water partition coefficient (Wildman–Crippen LogP) is 2.35. The Balaban J connectivity index is 1.95. The highest BCUT2D eigenvalue weighted by molar-refractivity contribution is 6.00. The minimum absolute atomic E-state index is 0.0104. The van der Waals surface area contributed by atoms with Gasteiger partial charge >= 0.3 is 17.8 Å². The van der Waals surface area contributed by atoms with Gasteiger partial charge in [0.15, 0.2) is 5.75 Å². The molecule has 0 bridgehead atoms. The quantitative estimate of drug-likeness (QED) is 0.903. The van der Waals surface area contributed by atoms with Gasteiger partial charge in [-0.05, 0) is 24.6 Å². The van der Waals surface area contributed by atoms with Crippen molar-refractivity contribution >= 4 is 11.6 Å². The molecule has 24 heavy (non-hydrogen) atoms. The number of nitrogens with two attached hydrogens (primary N) is 1. The zero-order chi connectivity index (χ0) is 17.4. The van der Waals surface area contributed by atoms with E-state index in [-0.39, 0.29) is 18.0 Å². The highest BCUT2D eigenvalue weighted by Gasteiger charge is 2.69. The van der Waals surface area contributed by atoms with Crippen LogP contribution in [0.4, 0.5) is 18.9 Å². The van der Waals surface area contributed by atoms with Crippen LogP contribution >= 0.6 is 0 Å². The van der Waals surface area contributed by atoms with Crippen LogP contribution in [0, 0.1) is 6.92 Å². The number of nitrogens with one attached hydrogen (secondary N) is 1. The number of benzene rings is 2. The average Bonchev–Trinajstić information content (AvgIpc) is 2.53. The van der Waals surface area contributed by atoms with Gasteiger partial charge in [-0.3, -0.25) is 10.1 Å². The van der Waals surface area contributed by atoms with Crippen LogP contribution in [-0.2, 0) is 11.3 Å². The molecule has 126 valence electrons. The molecule has 4 nitrogen and oxygen atoms in total. The lowest BCUT2D eigenvalue weighted by molar-refractivity contribution is -0.783. The maximum absolute atomic E-state index is 13.7. The second-order valence-electron chi connectivity index (χ2n) is 5.68. The van der Waals surface area contributed by atoms with E-state index in [1.165, 1.54) is 12.1 Å². The zero-order valence-electron chi connectivity index (χ0n) is 12.9. The summed E-state index contributed by atoms with van der Waals surface area (Å²) in [4.78, 5) is 12.2. The lowest BCUT2D eigenvalue weighted by atomic mass is 10.1. The van der Waals surface area contributed by atoms with Crippen LogP contribution in [0.2, 0.25) is 0 Å². The second kappa shape index (κ2) is 5.83. The fraction of sp³-hybridized carbons (Fsp3) is 0.235. The van der Waals surface area contributed by atoms with Crippen molar-refractivity contribution in [3.05, 3.63) is 59.7 Å². The molecule has 1 heterocycles. The van der Waals surface area contributed by atoms with Gasteiger partial charge in [-0.25, -0.2) is 0 Å². The Morgan fingerprint density at radius 3 is 2.54 bits per heavy atom. The Labute approximate surface area is 136 Å². The molecule has 0 unspecified atom stereocenters. The molecule has 1 amide bonds. The number of alkyl halides is 3. The van der Waals surface area contributed by atoms with E-state index < -0.39 is 17.8 Å². The number of hydrogen-bond donors (Lipinski definition) is 2. The first-order valence-electron chi connectivity index (χ1n) is 7.38. The number of anilines is 1. The van der Waals surface area contributed by atoms with E-state index in [0.717, 1.165) is 10.9 Å². The molecular formula is C17H16F3N2O2+. The molecule has 2 aromatic carbocycles. The van der Waals surface area contributed by atoms with E-state index in [1.54, 1.807) is 43.3 Å². The normalized spacial score (nSPS) is 20.1. The van der Waals surface area contributed by atoms with Gasteiger partial charge < -0.3 is 10.1 Å². The fourth-order valence-electron chi connectivity index (χ4n) is 2.56. The molecular weight excluding hydrogens is 321 g/mol. The third kappa shape index (κ3) is 2.82. The Kier molecular flexibility index (Phi) is 3.96. The zero-order valence-corrected chi connectivity index (χ0v) is 12.9. The molecule has 1 aliphatic heterocycles. The van der Waals surface area contributed by atoms with Crippen LogP contribution in [0.15, 0.2) is 48.5 Å². The fourth-order valence-corrected chi connectivity index (χ4v) is 2.56. The third-order valence-corrected chi connectivity index (χ3v) is 3.88. The van der Waals surface area contributed by atoms with Crippen LogP contribution < -0.4 is 15.4 Å². The molecule has 0 saturated heterocycles. The minimum Gasteiger partial charge on any atom is -0.423 e. The molecule has 1 atom stereocenters. The molecule has 2 aromatic rings. The molecule has 0 spiro atoms. The molecule has 7 heteroatoms. The van der Waals surface area contributed by atoms with Gasteiger partial charge in [0.1, 0.15) is 6.54 Å². The summed E-state index contributed by atoms with van der Waals surface area (Å²) < 4.78 is 46.4. The van der Waals surface area contributed by atoms with Crippen molar-refractivity contribution in [2.45, 2.75) is 25.4 Å². The Morgan fingerprint density at radius 1 is 1.17 bits per heavy atom.